The monoisotopic (exact) mass is 384 g/mol. The fraction of sp³-hybridized carbons (Fsp3) is 0.857. The molecule has 0 aromatic carbocycles. The summed E-state index contributed by atoms with van der Waals surface area (Å²) >= 11 is 0. The van der Waals surface area contributed by atoms with Gasteiger partial charge in [0.2, 0.25) is 0 Å². The van der Waals surface area contributed by atoms with E-state index in [9.17, 15) is 19.5 Å². The van der Waals surface area contributed by atoms with Crippen molar-refractivity contribution in [2.24, 2.45) is 28.6 Å². The highest BCUT2D eigenvalue weighted by Crippen LogP contribution is 2.36. The molecule has 0 bridgehead atoms. The molecule has 0 heterocycles. The van der Waals surface area contributed by atoms with Gasteiger partial charge in [0.1, 0.15) is 13.2 Å². The summed E-state index contributed by atoms with van der Waals surface area (Å²) in [6.45, 7) is 12.3. The number of carbonyl (C=O) groups excluding carboxylic acids is 2. The van der Waals surface area contributed by atoms with Crippen LogP contribution in [-0.2, 0) is 23.9 Å². The van der Waals surface area contributed by atoms with Crippen molar-refractivity contribution in [3.05, 3.63) is 0 Å². The Bertz CT molecular complexity index is 526. The molecule has 3 atom stereocenters. The number of hydrogen-bond acceptors (Lipinski definition) is 5. The van der Waals surface area contributed by atoms with Gasteiger partial charge in [-0.2, -0.15) is 0 Å². The topological polar surface area (TPSA) is 89.9 Å². The van der Waals surface area contributed by atoms with E-state index in [-0.39, 0.29) is 35.9 Å². The third-order valence-electron chi connectivity index (χ3n) is 5.10. The van der Waals surface area contributed by atoms with Crippen LogP contribution in [0.4, 0.5) is 0 Å². The maximum Gasteiger partial charge on any atom is 0.309 e. The maximum absolute atomic E-state index is 12.5. The van der Waals surface area contributed by atoms with Gasteiger partial charge >= 0.3 is 17.9 Å². The Balaban J connectivity index is 2.50. The molecule has 1 aliphatic rings. The second-order valence-electron chi connectivity index (χ2n) is 9.85. The van der Waals surface area contributed by atoms with Gasteiger partial charge in [0.15, 0.2) is 0 Å². The largest absolute Gasteiger partial charge is 0.481 e. The molecule has 6 nitrogen and oxygen atoms in total. The minimum absolute atomic E-state index is 0.00371. The van der Waals surface area contributed by atoms with E-state index in [1.807, 2.05) is 20.8 Å². The Labute approximate surface area is 163 Å². The van der Waals surface area contributed by atoms with Gasteiger partial charge in [0.05, 0.1) is 17.8 Å². The van der Waals surface area contributed by atoms with Gasteiger partial charge in [-0.1, -0.05) is 54.4 Å². The lowest BCUT2D eigenvalue weighted by Crippen LogP contribution is -2.35. The van der Waals surface area contributed by atoms with Crippen molar-refractivity contribution in [2.75, 3.05) is 13.2 Å². The molecule has 156 valence electrons. The molecule has 0 aliphatic heterocycles. The van der Waals surface area contributed by atoms with Gasteiger partial charge in [-0.15, -0.1) is 0 Å². The zero-order chi connectivity index (χ0) is 20.8. The fourth-order valence-electron chi connectivity index (χ4n) is 3.56. The summed E-state index contributed by atoms with van der Waals surface area (Å²) in [5.41, 5.74) is -0.228. The summed E-state index contributed by atoms with van der Waals surface area (Å²) in [6, 6.07) is 0. The molecular formula is C21H36O6. The molecule has 0 aromatic heterocycles. The Kier molecular flexibility index (Phi) is 8.30. The molecule has 3 unspecified atom stereocenters. The van der Waals surface area contributed by atoms with E-state index in [4.69, 9.17) is 9.47 Å². The zero-order valence-electron chi connectivity index (χ0n) is 17.7. The van der Waals surface area contributed by atoms with Crippen molar-refractivity contribution in [2.45, 2.75) is 73.6 Å². The minimum atomic E-state index is -0.946. The molecule has 1 N–H and O–H groups in total. The average molecular weight is 385 g/mol. The zero-order valence-corrected chi connectivity index (χ0v) is 17.7. The van der Waals surface area contributed by atoms with Crippen molar-refractivity contribution in [1.29, 1.82) is 0 Å². The highest BCUT2D eigenvalue weighted by molar-refractivity contribution is 5.81. The Hall–Kier alpha value is -1.59. The quantitative estimate of drug-likeness (QED) is 0.526. The predicted octanol–water partition coefficient (Wildman–Crippen LogP) is 4.06. The van der Waals surface area contributed by atoms with Gasteiger partial charge in [-0.05, 0) is 30.1 Å². The number of carbonyl (C=O) groups is 3. The molecule has 1 rings (SSSR count). The van der Waals surface area contributed by atoms with Gasteiger partial charge in [-0.3, -0.25) is 14.4 Å². The summed E-state index contributed by atoms with van der Waals surface area (Å²) in [6.07, 6.45) is 3.40. The van der Waals surface area contributed by atoms with E-state index in [0.717, 1.165) is 12.8 Å². The first-order valence-corrected chi connectivity index (χ1v) is 9.89. The summed E-state index contributed by atoms with van der Waals surface area (Å²) in [4.78, 5) is 36.0. The number of carboxylic acid groups (broad SMARTS) is 1. The van der Waals surface area contributed by atoms with Gasteiger partial charge < -0.3 is 14.6 Å². The molecule has 27 heavy (non-hydrogen) atoms. The number of carboxylic acids is 1. The molecule has 1 aliphatic carbocycles. The normalized spacial score (nSPS) is 22.0. The smallest absolute Gasteiger partial charge is 0.309 e. The third-order valence-corrected chi connectivity index (χ3v) is 5.10. The fourth-order valence-corrected chi connectivity index (χ4v) is 3.56. The van der Waals surface area contributed by atoms with Crippen molar-refractivity contribution in [1.82, 2.24) is 0 Å². The Morgan fingerprint density at radius 2 is 1.44 bits per heavy atom. The van der Waals surface area contributed by atoms with E-state index in [0.29, 0.717) is 19.3 Å². The summed E-state index contributed by atoms with van der Waals surface area (Å²) in [5.74, 6) is -3.25. The number of ether oxygens (including phenoxy) is 2. The molecular weight excluding hydrogens is 348 g/mol. The van der Waals surface area contributed by atoms with Crippen LogP contribution in [0.25, 0.3) is 0 Å². The van der Waals surface area contributed by atoms with E-state index in [1.165, 1.54) is 0 Å². The standard InChI is InChI=1S/C21H36O6/c1-20(2,3)13-16(21(4,5)6)19(25)27-12-11-26-18(24)15-10-8-7-9-14(15)17(22)23/h14-16H,7-13H2,1-6H3,(H,22,23). The van der Waals surface area contributed by atoms with Gasteiger partial charge in [-0.25, -0.2) is 0 Å². The Morgan fingerprint density at radius 1 is 0.926 bits per heavy atom. The minimum Gasteiger partial charge on any atom is -0.481 e. The summed E-state index contributed by atoms with van der Waals surface area (Å²) < 4.78 is 10.6. The lowest BCUT2D eigenvalue weighted by Gasteiger charge is -2.33. The first kappa shape index (κ1) is 23.4. The second-order valence-corrected chi connectivity index (χ2v) is 9.85. The van der Waals surface area contributed by atoms with Crippen molar-refractivity contribution >= 4 is 17.9 Å². The van der Waals surface area contributed by atoms with Crippen LogP contribution in [0.5, 0.6) is 0 Å². The predicted molar refractivity (Wildman–Crippen MR) is 102 cm³/mol. The van der Waals surface area contributed by atoms with Crippen molar-refractivity contribution in [3.63, 3.8) is 0 Å². The SMILES string of the molecule is CC(C)(C)CC(C(=O)OCCOC(=O)C1CCCCC1C(=O)O)C(C)(C)C. The first-order valence-electron chi connectivity index (χ1n) is 9.89. The van der Waals surface area contributed by atoms with E-state index >= 15 is 0 Å². The van der Waals surface area contributed by atoms with Crippen molar-refractivity contribution in [3.8, 4) is 0 Å². The maximum atomic E-state index is 12.5. The highest BCUT2D eigenvalue weighted by Gasteiger charge is 2.37. The van der Waals surface area contributed by atoms with Crippen LogP contribution in [0.15, 0.2) is 0 Å². The highest BCUT2D eigenvalue weighted by atomic mass is 16.6. The lowest BCUT2D eigenvalue weighted by molar-refractivity contribution is -0.164. The van der Waals surface area contributed by atoms with Crippen LogP contribution >= 0.6 is 0 Å². The molecule has 0 saturated heterocycles. The number of esters is 2. The summed E-state index contributed by atoms with van der Waals surface area (Å²) in [5, 5.41) is 9.25. The van der Waals surface area contributed by atoms with Crippen LogP contribution in [0.3, 0.4) is 0 Å². The molecule has 0 radical (unpaired) electrons. The molecule has 1 fully saturated rings. The summed E-state index contributed by atoms with van der Waals surface area (Å²) in [7, 11) is 0. The molecule has 0 aromatic rings. The molecule has 6 heteroatoms. The third kappa shape index (κ3) is 7.89. The second kappa shape index (κ2) is 9.56. The average Bonchev–Trinajstić information content (AvgIpc) is 2.54. The van der Waals surface area contributed by atoms with Crippen LogP contribution in [0.1, 0.15) is 73.6 Å². The van der Waals surface area contributed by atoms with Crippen LogP contribution in [0, 0.1) is 28.6 Å². The first-order chi connectivity index (χ1) is 12.3. The van der Waals surface area contributed by atoms with Gasteiger partial charge in [0, 0.05) is 0 Å². The molecule has 0 spiro atoms. The molecule has 0 amide bonds. The molecule has 1 saturated carbocycles. The van der Waals surface area contributed by atoms with E-state index < -0.39 is 23.8 Å². The van der Waals surface area contributed by atoms with Crippen LogP contribution in [-0.4, -0.2) is 36.2 Å². The van der Waals surface area contributed by atoms with Crippen LogP contribution < -0.4 is 0 Å². The number of rotatable bonds is 7. The lowest BCUT2D eigenvalue weighted by atomic mass is 9.72. The van der Waals surface area contributed by atoms with Crippen LogP contribution in [0.2, 0.25) is 0 Å². The number of aliphatic carboxylic acids is 1. The van der Waals surface area contributed by atoms with Gasteiger partial charge in [0.25, 0.3) is 0 Å². The van der Waals surface area contributed by atoms with Crippen molar-refractivity contribution < 1.29 is 29.0 Å². The van der Waals surface area contributed by atoms with E-state index in [1.54, 1.807) is 0 Å². The number of hydrogen-bond donors (Lipinski definition) is 1. The Morgan fingerprint density at radius 3 is 1.93 bits per heavy atom. The van der Waals surface area contributed by atoms with E-state index in [2.05, 4.69) is 20.8 Å².